The van der Waals surface area contributed by atoms with E-state index in [0.717, 1.165) is 0 Å². The lowest BCUT2D eigenvalue weighted by Gasteiger charge is -2.21. The summed E-state index contributed by atoms with van der Waals surface area (Å²) in [7, 11) is 0. The highest BCUT2D eigenvalue weighted by atomic mass is 19.3. The molecule has 1 N–H and O–H groups in total. The Hall–Kier alpha value is -2.20. The summed E-state index contributed by atoms with van der Waals surface area (Å²) in [5.41, 5.74) is 0.192. The maximum absolute atomic E-state index is 12.3. The van der Waals surface area contributed by atoms with E-state index in [0.29, 0.717) is 13.1 Å². The Kier molecular flexibility index (Phi) is 7.26. The van der Waals surface area contributed by atoms with Crippen LogP contribution < -0.4 is 10.1 Å². The number of benzene rings is 1. The van der Waals surface area contributed by atoms with E-state index in [4.69, 9.17) is 5.26 Å². The lowest BCUT2D eigenvalue weighted by molar-refractivity contribution is -0.117. The Morgan fingerprint density at radius 2 is 2.14 bits per heavy atom. The van der Waals surface area contributed by atoms with Gasteiger partial charge in [-0.25, -0.2) is 0 Å². The summed E-state index contributed by atoms with van der Waals surface area (Å²) in [6.07, 6.45) is 0. The normalized spacial score (nSPS) is 12.0. The number of hydrogen-bond donors (Lipinski definition) is 1. The van der Waals surface area contributed by atoms with Crippen LogP contribution in [0.5, 0.6) is 5.75 Å². The van der Waals surface area contributed by atoms with Crippen molar-refractivity contribution in [2.75, 3.05) is 25.0 Å². The molecule has 0 fully saturated rings. The standard InChI is InChI=1S/C15H19F2N3O2/c1-3-20(9-11(2)8-18)10-14(21)19-12-6-4-5-7-13(12)22-15(16)17/h4-7,11,15H,3,9-10H2,1-2H3,(H,19,21)/t11-/m1/s1. The number of ether oxygens (including phenoxy) is 1. The summed E-state index contributed by atoms with van der Waals surface area (Å²) in [6, 6.07) is 8.11. The number of anilines is 1. The van der Waals surface area contributed by atoms with Crippen molar-refractivity contribution in [3.05, 3.63) is 24.3 Å². The largest absolute Gasteiger partial charge is 0.433 e. The SMILES string of the molecule is CCN(CC(=O)Nc1ccccc1OC(F)F)C[C@H](C)C#N. The molecule has 120 valence electrons. The van der Waals surface area contributed by atoms with E-state index < -0.39 is 6.61 Å². The molecule has 1 rings (SSSR count). The summed E-state index contributed by atoms with van der Waals surface area (Å²) in [4.78, 5) is 13.8. The topological polar surface area (TPSA) is 65.4 Å². The lowest BCUT2D eigenvalue weighted by atomic mass is 10.2. The fraction of sp³-hybridized carbons (Fsp3) is 0.467. The van der Waals surface area contributed by atoms with Crippen LogP contribution in [0.25, 0.3) is 0 Å². The van der Waals surface area contributed by atoms with Crippen molar-refractivity contribution in [2.45, 2.75) is 20.5 Å². The van der Waals surface area contributed by atoms with Gasteiger partial charge in [0.15, 0.2) is 0 Å². The highest BCUT2D eigenvalue weighted by molar-refractivity contribution is 5.93. The fourth-order valence-corrected chi connectivity index (χ4v) is 1.90. The highest BCUT2D eigenvalue weighted by Crippen LogP contribution is 2.25. The average molecular weight is 311 g/mol. The first-order chi connectivity index (χ1) is 10.5. The number of nitrogens with one attached hydrogen (secondary N) is 1. The van der Waals surface area contributed by atoms with E-state index in [9.17, 15) is 13.6 Å². The van der Waals surface area contributed by atoms with E-state index in [1.807, 2.05) is 6.92 Å². The number of hydrogen-bond acceptors (Lipinski definition) is 4. The molecule has 0 aromatic heterocycles. The second-order valence-electron chi connectivity index (χ2n) is 4.78. The molecule has 0 saturated heterocycles. The van der Waals surface area contributed by atoms with Gasteiger partial charge in [0.1, 0.15) is 5.75 Å². The van der Waals surface area contributed by atoms with Gasteiger partial charge in [-0.05, 0) is 25.6 Å². The second-order valence-corrected chi connectivity index (χ2v) is 4.78. The third kappa shape index (κ3) is 6.06. The summed E-state index contributed by atoms with van der Waals surface area (Å²) in [6.45, 7) is 1.84. The van der Waals surface area contributed by atoms with Crippen molar-refractivity contribution < 1.29 is 18.3 Å². The molecule has 1 amide bonds. The molecule has 22 heavy (non-hydrogen) atoms. The van der Waals surface area contributed by atoms with Crippen molar-refractivity contribution in [1.29, 1.82) is 5.26 Å². The Morgan fingerprint density at radius 1 is 1.45 bits per heavy atom. The van der Waals surface area contributed by atoms with Crippen molar-refractivity contribution in [3.8, 4) is 11.8 Å². The van der Waals surface area contributed by atoms with Crippen LogP contribution in [0, 0.1) is 17.2 Å². The van der Waals surface area contributed by atoms with E-state index in [1.54, 1.807) is 24.0 Å². The third-order valence-electron chi connectivity index (χ3n) is 2.94. The number of alkyl halides is 2. The molecule has 0 saturated carbocycles. The number of nitrogens with zero attached hydrogens (tertiary/aromatic N) is 2. The van der Waals surface area contributed by atoms with Crippen LogP contribution in [0.4, 0.5) is 14.5 Å². The zero-order chi connectivity index (χ0) is 16.5. The number of rotatable bonds is 8. The van der Waals surface area contributed by atoms with Gasteiger partial charge >= 0.3 is 6.61 Å². The van der Waals surface area contributed by atoms with Crippen LogP contribution in [0.1, 0.15) is 13.8 Å². The minimum atomic E-state index is -2.96. The first-order valence-corrected chi connectivity index (χ1v) is 6.91. The Labute approximate surface area is 128 Å². The Balaban J connectivity index is 2.66. The number of nitriles is 1. The molecule has 1 atom stereocenters. The minimum Gasteiger partial charge on any atom is -0.433 e. The molecule has 0 bridgehead atoms. The van der Waals surface area contributed by atoms with Crippen LogP contribution in [0.2, 0.25) is 0 Å². The van der Waals surface area contributed by atoms with Gasteiger partial charge in [-0.1, -0.05) is 19.1 Å². The van der Waals surface area contributed by atoms with Crippen LogP contribution >= 0.6 is 0 Å². The molecule has 0 spiro atoms. The summed E-state index contributed by atoms with van der Waals surface area (Å²) in [5, 5.41) is 11.4. The molecular formula is C15H19F2N3O2. The molecule has 5 nitrogen and oxygen atoms in total. The predicted molar refractivity (Wildman–Crippen MR) is 78.6 cm³/mol. The first-order valence-electron chi connectivity index (χ1n) is 6.91. The molecule has 7 heteroatoms. The number of carbonyl (C=O) groups is 1. The monoisotopic (exact) mass is 311 g/mol. The van der Waals surface area contributed by atoms with Crippen LogP contribution in [-0.4, -0.2) is 37.1 Å². The average Bonchev–Trinajstić information content (AvgIpc) is 2.47. The van der Waals surface area contributed by atoms with Gasteiger partial charge in [0.2, 0.25) is 5.91 Å². The van der Waals surface area contributed by atoms with Gasteiger partial charge < -0.3 is 10.1 Å². The molecule has 0 heterocycles. The number of halogens is 2. The number of carbonyl (C=O) groups excluding carboxylic acids is 1. The quantitative estimate of drug-likeness (QED) is 0.801. The molecule has 1 aromatic rings. The van der Waals surface area contributed by atoms with Crippen LogP contribution in [0.15, 0.2) is 24.3 Å². The Morgan fingerprint density at radius 3 is 2.73 bits per heavy atom. The number of para-hydroxylation sites is 2. The lowest BCUT2D eigenvalue weighted by Crippen LogP contribution is -2.35. The van der Waals surface area contributed by atoms with Gasteiger partial charge in [-0.15, -0.1) is 0 Å². The van der Waals surface area contributed by atoms with Crippen molar-refractivity contribution in [2.24, 2.45) is 5.92 Å². The molecule has 0 aliphatic heterocycles. The highest BCUT2D eigenvalue weighted by Gasteiger charge is 2.15. The molecule has 0 radical (unpaired) electrons. The molecule has 0 aliphatic rings. The van der Waals surface area contributed by atoms with Gasteiger partial charge in [0.05, 0.1) is 24.2 Å². The summed E-state index contributed by atoms with van der Waals surface area (Å²) in [5.74, 6) is -0.626. The fourth-order valence-electron chi connectivity index (χ4n) is 1.90. The smallest absolute Gasteiger partial charge is 0.387 e. The third-order valence-corrected chi connectivity index (χ3v) is 2.94. The summed E-state index contributed by atoms with van der Waals surface area (Å²) < 4.78 is 29.0. The molecule has 1 aromatic carbocycles. The minimum absolute atomic E-state index is 0.0749. The van der Waals surface area contributed by atoms with E-state index in [2.05, 4.69) is 16.1 Å². The van der Waals surface area contributed by atoms with E-state index in [1.165, 1.54) is 12.1 Å². The predicted octanol–water partition coefficient (Wildman–Crippen LogP) is 2.71. The van der Waals surface area contributed by atoms with Gasteiger partial charge in [0.25, 0.3) is 0 Å². The maximum Gasteiger partial charge on any atom is 0.387 e. The van der Waals surface area contributed by atoms with Crippen molar-refractivity contribution in [3.63, 3.8) is 0 Å². The zero-order valence-corrected chi connectivity index (χ0v) is 12.6. The first kappa shape index (κ1) is 17.9. The zero-order valence-electron chi connectivity index (χ0n) is 12.6. The molecule has 0 aliphatic carbocycles. The van der Waals surface area contributed by atoms with E-state index in [-0.39, 0.29) is 29.8 Å². The van der Waals surface area contributed by atoms with E-state index >= 15 is 0 Å². The molecule has 0 unspecified atom stereocenters. The molecular weight excluding hydrogens is 292 g/mol. The van der Waals surface area contributed by atoms with Crippen LogP contribution in [0.3, 0.4) is 0 Å². The second kappa shape index (κ2) is 8.95. The number of likely N-dealkylation sites (N-methyl/N-ethyl adjacent to an activating group) is 1. The van der Waals surface area contributed by atoms with Crippen molar-refractivity contribution in [1.82, 2.24) is 4.90 Å². The van der Waals surface area contributed by atoms with Crippen LogP contribution in [-0.2, 0) is 4.79 Å². The maximum atomic E-state index is 12.3. The summed E-state index contributed by atoms with van der Waals surface area (Å²) >= 11 is 0. The van der Waals surface area contributed by atoms with Gasteiger partial charge in [0, 0.05) is 6.54 Å². The van der Waals surface area contributed by atoms with Gasteiger partial charge in [-0.2, -0.15) is 14.0 Å². The van der Waals surface area contributed by atoms with Gasteiger partial charge in [-0.3, -0.25) is 9.69 Å². The number of amides is 1. The Bertz CT molecular complexity index is 532. The van der Waals surface area contributed by atoms with Crippen molar-refractivity contribution >= 4 is 11.6 Å².